The SMILES string of the molecule is CCN1C(=CC2=CC3=CC(=Cc4sc5ccc(SOC)cc5[n+]4CC)CCC3CC2)SC2CCC(SOC)CC21. The van der Waals surface area contributed by atoms with E-state index < -0.39 is 0 Å². The summed E-state index contributed by atoms with van der Waals surface area (Å²) in [5.74, 6) is 0.710. The van der Waals surface area contributed by atoms with Gasteiger partial charge in [-0.3, -0.25) is 0 Å². The van der Waals surface area contributed by atoms with Crippen LogP contribution in [0, 0.1) is 5.92 Å². The summed E-state index contributed by atoms with van der Waals surface area (Å²) < 4.78 is 14.5. The molecule has 2 heterocycles. The minimum absolute atomic E-state index is 0.631. The summed E-state index contributed by atoms with van der Waals surface area (Å²) in [5, 5.41) is 4.21. The van der Waals surface area contributed by atoms with E-state index in [1.807, 2.05) is 18.4 Å². The third-order valence-corrected chi connectivity index (χ3v) is 12.9. The van der Waals surface area contributed by atoms with E-state index in [0.29, 0.717) is 17.2 Å². The molecule has 1 saturated carbocycles. The van der Waals surface area contributed by atoms with E-state index in [4.69, 9.17) is 8.37 Å². The first kappa shape index (κ1) is 28.9. The van der Waals surface area contributed by atoms with Crippen molar-refractivity contribution in [2.45, 2.75) is 86.8 Å². The smallest absolute Gasteiger partial charge is 0.263 e. The molecule has 4 nitrogen and oxygen atoms in total. The average molecular weight is 614 g/mol. The number of hydrogen-bond donors (Lipinski definition) is 0. The second kappa shape index (κ2) is 13.0. The highest BCUT2D eigenvalue weighted by molar-refractivity contribution is 8.04. The van der Waals surface area contributed by atoms with E-state index in [9.17, 15) is 0 Å². The van der Waals surface area contributed by atoms with E-state index in [1.54, 1.807) is 24.7 Å². The van der Waals surface area contributed by atoms with Gasteiger partial charge in [0.25, 0.3) is 5.01 Å². The molecule has 6 rings (SSSR count). The Kier molecular flexibility index (Phi) is 9.41. The summed E-state index contributed by atoms with van der Waals surface area (Å²) in [4.78, 5) is 3.84. The molecule has 1 aromatic carbocycles. The van der Waals surface area contributed by atoms with Crippen LogP contribution in [0.25, 0.3) is 16.3 Å². The summed E-state index contributed by atoms with van der Waals surface area (Å²) in [7, 11) is 3.54. The Morgan fingerprint density at radius 2 is 1.93 bits per heavy atom. The van der Waals surface area contributed by atoms with Crippen LogP contribution in [0.1, 0.15) is 63.8 Å². The molecule has 1 aromatic heterocycles. The molecule has 4 unspecified atom stereocenters. The zero-order valence-electron chi connectivity index (χ0n) is 24.1. The fourth-order valence-corrected chi connectivity index (χ4v) is 10.9. The topological polar surface area (TPSA) is 25.6 Å². The lowest BCUT2D eigenvalue weighted by Crippen LogP contribution is -2.40. The van der Waals surface area contributed by atoms with Crippen molar-refractivity contribution >= 4 is 63.5 Å². The number of thiazole rings is 1. The van der Waals surface area contributed by atoms with Crippen molar-refractivity contribution in [2.24, 2.45) is 5.92 Å². The first-order valence-electron chi connectivity index (χ1n) is 14.7. The normalized spacial score (nSPS) is 28.6. The molecule has 1 aliphatic heterocycles. The standard InChI is InChI=1S/C32H41N2O2S4/c1-5-33-27-19-25(39-35-3)11-13-29(27)37-31(33)17-21-7-9-23-10-8-22(16-24(23)15-21)18-32-34(6-2)28-20-26(40-36-4)12-14-30(28)38-32/h11,13,15-19,23,26,28,30H,5-10,12,14,20H2,1-4H3/q+1. The van der Waals surface area contributed by atoms with Crippen molar-refractivity contribution in [3.05, 3.63) is 63.2 Å². The number of fused-ring (bicyclic) bond motifs is 3. The lowest BCUT2D eigenvalue weighted by atomic mass is 9.77. The molecule has 2 aromatic rings. The number of rotatable bonds is 8. The molecule has 0 radical (unpaired) electrons. The fourth-order valence-electron chi connectivity index (χ4n) is 6.88. The maximum Gasteiger partial charge on any atom is 0.263 e. The molecule has 214 valence electrons. The highest BCUT2D eigenvalue weighted by Crippen LogP contribution is 2.48. The Balaban J connectivity index is 1.25. The van der Waals surface area contributed by atoms with Gasteiger partial charge in [-0.05, 0) is 112 Å². The van der Waals surface area contributed by atoms with Gasteiger partial charge >= 0.3 is 0 Å². The first-order chi connectivity index (χ1) is 19.6. The molecule has 2 fully saturated rings. The summed E-state index contributed by atoms with van der Waals surface area (Å²) in [6.45, 7) is 6.63. The van der Waals surface area contributed by atoms with Crippen LogP contribution in [0.5, 0.6) is 0 Å². The van der Waals surface area contributed by atoms with Crippen LogP contribution in [-0.2, 0) is 14.9 Å². The molecule has 40 heavy (non-hydrogen) atoms. The minimum Gasteiger partial charge on any atom is -0.362 e. The number of nitrogens with zero attached hydrogens (tertiary/aromatic N) is 2. The van der Waals surface area contributed by atoms with Crippen LogP contribution in [0.2, 0.25) is 0 Å². The van der Waals surface area contributed by atoms with E-state index >= 15 is 0 Å². The van der Waals surface area contributed by atoms with Crippen LogP contribution >= 0.6 is 47.2 Å². The van der Waals surface area contributed by atoms with Crippen molar-refractivity contribution in [2.75, 3.05) is 20.8 Å². The number of thioether (sulfide) groups is 1. The maximum absolute atomic E-state index is 5.44. The predicted octanol–water partition coefficient (Wildman–Crippen LogP) is 8.80. The molecular weight excluding hydrogens is 573 g/mol. The highest BCUT2D eigenvalue weighted by Gasteiger charge is 2.42. The van der Waals surface area contributed by atoms with Crippen LogP contribution in [0.3, 0.4) is 0 Å². The molecule has 8 heteroatoms. The van der Waals surface area contributed by atoms with Gasteiger partial charge in [0, 0.05) is 52.2 Å². The Hall–Kier alpha value is -1.16. The van der Waals surface area contributed by atoms with Gasteiger partial charge in [-0.2, -0.15) is 4.57 Å². The monoisotopic (exact) mass is 613 g/mol. The Morgan fingerprint density at radius 3 is 2.73 bits per heavy atom. The molecule has 0 N–H and O–H groups in total. The lowest BCUT2D eigenvalue weighted by Gasteiger charge is -2.35. The van der Waals surface area contributed by atoms with Crippen LogP contribution < -0.4 is 4.57 Å². The van der Waals surface area contributed by atoms with Gasteiger partial charge in [-0.1, -0.05) is 23.5 Å². The first-order valence-corrected chi connectivity index (χ1v) is 18.0. The van der Waals surface area contributed by atoms with Gasteiger partial charge in [0.15, 0.2) is 0 Å². The number of allylic oxidation sites excluding steroid dienone is 6. The van der Waals surface area contributed by atoms with E-state index in [2.05, 4.69) is 77.6 Å². The van der Waals surface area contributed by atoms with E-state index in [1.165, 1.54) is 88.4 Å². The molecule has 0 amide bonds. The van der Waals surface area contributed by atoms with Crippen molar-refractivity contribution in [1.82, 2.24) is 4.90 Å². The summed E-state index contributed by atoms with van der Waals surface area (Å²) in [6, 6.07) is 7.31. The van der Waals surface area contributed by atoms with Crippen molar-refractivity contribution in [3.63, 3.8) is 0 Å². The van der Waals surface area contributed by atoms with Crippen molar-refractivity contribution < 1.29 is 12.9 Å². The average Bonchev–Trinajstić information content (AvgIpc) is 3.49. The minimum atomic E-state index is 0.631. The van der Waals surface area contributed by atoms with Gasteiger partial charge in [0.2, 0.25) is 5.52 Å². The van der Waals surface area contributed by atoms with Gasteiger partial charge in [0.1, 0.15) is 11.2 Å². The highest BCUT2D eigenvalue weighted by atomic mass is 32.2. The Labute approximate surface area is 256 Å². The van der Waals surface area contributed by atoms with E-state index in [0.717, 1.165) is 23.2 Å². The van der Waals surface area contributed by atoms with Gasteiger partial charge < -0.3 is 13.3 Å². The third-order valence-electron chi connectivity index (χ3n) is 8.79. The maximum atomic E-state index is 5.44. The number of hydrogen-bond acceptors (Lipinski definition) is 7. The van der Waals surface area contributed by atoms with Crippen LogP contribution in [0.4, 0.5) is 0 Å². The van der Waals surface area contributed by atoms with Gasteiger partial charge in [-0.15, -0.1) is 11.8 Å². The largest absolute Gasteiger partial charge is 0.362 e. The second-order valence-corrected chi connectivity index (χ2v) is 15.6. The molecule has 3 aliphatic carbocycles. The Morgan fingerprint density at radius 1 is 1.05 bits per heavy atom. The number of aryl methyl sites for hydroxylation is 1. The number of aromatic nitrogens is 1. The molecular formula is C32H41N2O2S4+. The summed E-state index contributed by atoms with van der Waals surface area (Å²) in [5.41, 5.74) is 5.82. The summed E-state index contributed by atoms with van der Waals surface area (Å²) in [6.07, 6.45) is 18.8. The van der Waals surface area contributed by atoms with Gasteiger partial charge in [-0.25, -0.2) is 0 Å². The Bertz CT molecular complexity index is 1360. The molecule has 1 saturated heterocycles. The molecule has 0 bridgehead atoms. The van der Waals surface area contributed by atoms with Crippen LogP contribution in [-0.4, -0.2) is 42.2 Å². The van der Waals surface area contributed by atoms with Crippen LogP contribution in [0.15, 0.2) is 63.1 Å². The van der Waals surface area contributed by atoms with E-state index in [-0.39, 0.29) is 0 Å². The predicted molar refractivity (Wildman–Crippen MR) is 175 cm³/mol. The third kappa shape index (κ3) is 6.00. The molecule has 4 atom stereocenters. The summed E-state index contributed by atoms with van der Waals surface area (Å²) >= 11 is 7.15. The number of benzene rings is 1. The quantitative estimate of drug-likeness (QED) is 0.218. The fraction of sp³-hybridized carbons (Fsp3) is 0.531. The second-order valence-electron chi connectivity index (χ2n) is 11.1. The molecule has 0 spiro atoms. The molecule has 4 aliphatic rings. The van der Waals surface area contributed by atoms with Gasteiger partial charge in [0.05, 0.1) is 19.2 Å². The van der Waals surface area contributed by atoms with Crippen molar-refractivity contribution in [1.29, 1.82) is 0 Å². The lowest BCUT2D eigenvalue weighted by molar-refractivity contribution is -0.665. The van der Waals surface area contributed by atoms with Crippen molar-refractivity contribution in [3.8, 4) is 0 Å². The zero-order valence-corrected chi connectivity index (χ0v) is 27.3. The zero-order chi connectivity index (χ0) is 27.6.